The fraction of sp³-hybridized carbons (Fsp3) is 0.500. The second-order valence-corrected chi connectivity index (χ2v) is 5.95. The third-order valence-corrected chi connectivity index (χ3v) is 4.08. The second kappa shape index (κ2) is 7.00. The Morgan fingerprint density at radius 3 is 2.86 bits per heavy atom. The Morgan fingerprint density at radius 2 is 2.24 bits per heavy atom. The number of aromatic nitrogens is 1. The van der Waals surface area contributed by atoms with E-state index in [4.69, 9.17) is 4.74 Å². The highest BCUT2D eigenvalue weighted by molar-refractivity contribution is 9.10. The molecule has 2 amide bonds. The van der Waals surface area contributed by atoms with Crippen LogP contribution in [0.1, 0.15) is 10.4 Å². The molecule has 0 aliphatic carbocycles. The summed E-state index contributed by atoms with van der Waals surface area (Å²) in [6, 6.07) is 1.73. The van der Waals surface area contributed by atoms with E-state index in [1.54, 1.807) is 31.3 Å². The summed E-state index contributed by atoms with van der Waals surface area (Å²) >= 11 is 3.30. The molecule has 0 bridgehead atoms. The van der Waals surface area contributed by atoms with Crippen LogP contribution in [0.25, 0.3) is 0 Å². The van der Waals surface area contributed by atoms with Gasteiger partial charge in [0.2, 0.25) is 5.91 Å². The fourth-order valence-corrected chi connectivity index (χ4v) is 2.98. The van der Waals surface area contributed by atoms with Gasteiger partial charge in [0.05, 0.1) is 18.1 Å². The number of nitrogens with zero attached hydrogens (tertiary/aromatic N) is 2. The Balaban J connectivity index is 2.14. The molecule has 6 nitrogen and oxygen atoms in total. The highest BCUT2D eigenvalue weighted by Crippen LogP contribution is 2.26. The summed E-state index contributed by atoms with van der Waals surface area (Å²) in [6.45, 7) is 1.37. The van der Waals surface area contributed by atoms with Crippen molar-refractivity contribution in [1.82, 2.24) is 15.2 Å². The van der Waals surface area contributed by atoms with Crippen molar-refractivity contribution in [2.24, 2.45) is 11.8 Å². The van der Waals surface area contributed by atoms with Crippen LogP contribution in [0, 0.1) is 11.8 Å². The molecule has 0 aromatic carbocycles. The minimum atomic E-state index is -0.237. The molecule has 2 rings (SSSR count). The van der Waals surface area contributed by atoms with Crippen molar-refractivity contribution >= 4 is 27.7 Å². The van der Waals surface area contributed by atoms with Crippen molar-refractivity contribution in [1.29, 1.82) is 0 Å². The van der Waals surface area contributed by atoms with Gasteiger partial charge in [-0.3, -0.25) is 14.6 Å². The maximum absolute atomic E-state index is 12.5. The zero-order chi connectivity index (χ0) is 15.4. The van der Waals surface area contributed by atoms with Crippen LogP contribution in [0.4, 0.5) is 0 Å². The van der Waals surface area contributed by atoms with Gasteiger partial charge in [0, 0.05) is 50.0 Å². The number of rotatable bonds is 4. The summed E-state index contributed by atoms with van der Waals surface area (Å²) in [5, 5.41) is 2.65. The largest absolute Gasteiger partial charge is 0.384 e. The SMILES string of the molecule is CNC(=O)C1CN(C(=O)c2cncc(Br)c2)CC1COC. The number of halogens is 1. The maximum Gasteiger partial charge on any atom is 0.255 e. The van der Waals surface area contributed by atoms with Crippen molar-refractivity contribution in [3.05, 3.63) is 28.5 Å². The quantitative estimate of drug-likeness (QED) is 0.871. The zero-order valence-corrected chi connectivity index (χ0v) is 13.6. The van der Waals surface area contributed by atoms with Gasteiger partial charge in [0.25, 0.3) is 5.91 Å². The number of ether oxygens (including phenoxy) is 1. The summed E-state index contributed by atoms with van der Waals surface area (Å²) < 4.78 is 5.92. The molecule has 0 saturated carbocycles. The van der Waals surface area contributed by atoms with E-state index in [0.29, 0.717) is 25.3 Å². The first-order valence-corrected chi connectivity index (χ1v) is 7.46. The molecule has 1 aliphatic rings. The van der Waals surface area contributed by atoms with Gasteiger partial charge in [-0.1, -0.05) is 0 Å². The molecule has 114 valence electrons. The third-order valence-electron chi connectivity index (χ3n) is 3.64. The number of hydrogen-bond donors (Lipinski definition) is 1. The first-order chi connectivity index (χ1) is 10.1. The van der Waals surface area contributed by atoms with Crippen LogP contribution in [-0.4, -0.2) is 55.6 Å². The van der Waals surface area contributed by atoms with E-state index in [1.165, 1.54) is 6.20 Å². The lowest BCUT2D eigenvalue weighted by Crippen LogP contribution is -2.34. The lowest BCUT2D eigenvalue weighted by atomic mass is 9.96. The smallest absolute Gasteiger partial charge is 0.255 e. The molecule has 2 unspecified atom stereocenters. The van der Waals surface area contributed by atoms with Gasteiger partial charge in [-0.2, -0.15) is 0 Å². The molecule has 0 spiro atoms. The van der Waals surface area contributed by atoms with Crippen molar-refractivity contribution in [2.45, 2.75) is 0 Å². The van der Waals surface area contributed by atoms with E-state index in [1.807, 2.05) is 0 Å². The van der Waals surface area contributed by atoms with Gasteiger partial charge >= 0.3 is 0 Å². The highest BCUT2D eigenvalue weighted by Gasteiger charge is 2.39. The Labute approximate surface area is 132 Å². The van der Waals surface area contributed by atoms with E-state index in [-0.39, 0.29) is 23.7 Å². The molecule has 1 N–H and O–H groups in total. The van der Waals surface area contributed by atoms with Crippen molar-refractivity contribution in [3.63, 3.8) is 0 Å². The highest BCUT2D eigenvalue weighted by atomic mass is 79.9. The van der Waals surface area contributed by atoms with Crippen molar-refractivity contribution in [2.75, 3.05) is 33.9 Å². The van der Waals surface area contributed by atoms with E-state index in [9.17, 15) is 9.59 Å². The molecule has 1 aromatic rings. The molecule has 21 heavy (non-hydrogen) atoms. The zero-order valence-electron chi connectivity index (χ0n) is 12.0. The topological polar surface area (TPSA) is 71.5 Å². The Kier molecular flexibility index (Phi) is 5.30. The Bertz CT molecular complexity index is 538. The molecule has 7 heteroatoms. The van der Waals surface area contributed by atoms with E-state index in [2.05, 4.69) is 26.2 Å². The lowest BCUT2D eigenvalue weighted by molar-refractivity contribution is -0.125. The van der Waals surface area contributed by atoms with Crippen LogP contribution in [0.2, 0.25) is 0 Å². The van der Waals surface area contributed by atoms with Crippen molar-refractivity contribution in [3.8, 4) is 0 Å². The van der Waals surface area contributed by atoms with Crippen LogP contribution < -0.4 is 5.32 Å². The fourth-order valence-electron chi connectivity index (χ4n) is 2.61. The van der Waals surface area contributed by atoms with Gasteiger partial charge in [0.15, 0.2) is 0 Å². The van der Waals surface area contributed by atoms with E-state index >= 15 is 0 Å². The number of carbonyl (C=O) groups is 2. The normalized spacial score (nSPS) is 21.4. The summed E-state index contributed by atoms with van der Waals surface area (Å²) in [7, 11) is 3.21. The summed E-state index contributed by atoms with van der Waals surface area (Å²) in [4.78, 5) is 30.1. The molecule has 1 saturated heterocycles. The second-order valence-electron chi connectivity index (χ2n) is 5.04. The summed E-state index contributed by atoms with van der Waals surface area (Å²) in [6.07, 6.45) is 3.16. The predicted molar refractivity (Wildman–Crippen MR) is 80.8 cm³/mol. The third kappa shape index (κ3) is 3.59. The number of likely N-dealkylation sites (tertiary alicyclic amines) is 1. The van der Waals surface area contributed by atoms with Gasteiger partial charge in [-0.05, 0) is 22.0 Å². The van der Waals surface area contributed by atoms with Crippen LogP contribution in [-0.2, 0) is 9.53 Å². The minimum Gasteiger partial charge on any atom is -0.384 e. The first-order valence-electron chi connectivity index (χ1n) is 6.67. The summed E-state index contributed by atoms with van der Waals surface area (Å²) in [5.41, 5.74) is 0.512. The molecule has 2 atom stereocenters. The molecule has 1 fully saturated rings. The molecule has 1 aliphatic heterocycles. The van der Waals surface area contributed by atoms with Crippen LogP contribution in [0.3, 0.4) is 0 Å². The molecule has 2 heterocycles. The predicted octanol–water partition coefficient (Wildman–Crippen LogP) is 0.925. The number of methoxy groups -OCH3 is 1. The van der Waals surface area contributed by atoms with Crippen LogP contribution in [0.15, 0.2) is 22.9 Å². The van der Waals surface area contributed by atoms with Crippen LogP contribution in [0.5, 0.6) is 0 Å². The summed E-state index contributed by atoms with van der Waals surface area (Å²) in [5.74, 6) is -0.394. The van der Waals surface area contributed by atoms with Crippen molar-refractivity contribution < 1.29 is 14.3 Å². The van der Waals surface area contributed by atoms with Gasteiger partial charge < -0.3 is 15.0 Å². The molecular formula is C14H18BrN3O3. The maximum atomic E-state index is 12.5. The average Bonchev–Trinajstić information content (AvgIpc) is 2.90. The standard InChI is InChI=1S/C14H18BrN3O3/c1-16-13(19)12-7-18(6-10(12)8-21-2)14(20)9-3-11(15)5-17-4-9/h3-5,10,12H,6-8H2,1-2H3,(H,16,19). The van der Waals surface area contributed by atoms with Gasteiger partial charge in [0.1, 0.15) is 0 Å². The first kappa shape index (κ1) is 15.9. The molecule has 1 aromatic heterocycles. The number of amides is 2. The van der Waals surface area contributed by atoms with E-state index < -0.39 is 0 Å². The minimum absolute atomic E-state index is 0.0130. The number of pyridine rings is 1. The average molecular weight is 356 g/mol. The number of hydrogen-bond acceptors (Lipinski definition) is 4. The monoisotopic (exact) mass is 355 g/mol. The van der Waals surface area contributed by atoms with E-state index in [0.717, 1.165) is 4.47 Å². The Hall–Kier alpha value is -1.47. The van der Waals surface area contributed by atoms with Crippen LogP contribution >= 0.6 is 15.9 Å². The molecule has 0 radical (unpaired) electrons. The Morgan fingerprint density at radius 1 is 1.48 bits per heavy atom. The van der Waals surface area contributed by atoms with Gasteiger partial charge in [-0.25, -0.2) is 0 Å². The molecular weight excluding hydrogens is 338 g/mol. The van der Waals surface area contributed by atoms with Gasteiger partial charge in [-0.15, -0.1) is 0 Å². The number of carbonyl (C=O) groups excluding carboxylic acids is 2. The number of nitrogens with one attached hydrogen (secondary N) is 1. The lowest BCUT2D eigenvalue weighted by Gasteiger charge is -2.16.